The van der Waals surface area contributed by atoms with Crippen LogP contribution in [0.15, 0.2) is 70.1 Å². The van der Waals surface area contributed by atoms with Crippen LogP contribution in [-0.2, 0) is 6.61 Å². The summed E-state index contributed by atoms with van der Waals surface area (Å²) in [6.07, 6.45) is 1.56. The fourth-order valence-corrected chi connectivity index (χ4v) is 2.81. The van der Waals surface area contributed by atoms with Crippen molar-refractivity contribution in [3.63, 3.8) is 0 Å². The lowest BCUT2D eigenvalue weighted by Gasteiger charge is -2.13. The van der Waals surface area contributed by atoms with Gasteiger partial charge in [0.25, 0.3) is 5.56 Å². The number of halogens is 1. The lowest BCUT2D eigenvalue weighted by Crippen LogP contribution is -2.10. The number of nitrogens with one attached hydrogen (secondary N) is 1. The van der Waals surface area contributed by atoms with Gasteiger partial charge >= 0.3 is 5.97 Å². The molecule has 1 heterocycles. The Morgan fingerprint density at radius 1 is 1.08 bits per heavy atom. The van der Waals surface area contributed by atoms with E-state index >= 15 is 0 Å². The number of aromatic amines is 1. The molecule has 25 heavy (non-hydrogen) atoms. The molecule has 126 valence electrons. The van der Waals surface area contributed by atoms with E-state index in [0.717, 1.165) is 11.1 Å². The zero-order chi connectivity index (χ0) is 17.8. The number of rotatable bonds is 5. The second kappa shape index (κ2) is 7.36. The Hall–Kier alpha value is -2.86. The van der Waals surface area contributed by atoms with Gasteiger partial charge in [-0.25, -0.2) is 4.79 Å². The molecule has 0 saturated carbocycles. The quantitative estimate of drug-likeness (QED) is 0.677. The molecule has 0 unspecified atom stereocenters. The van der Waals surface area contributed by atoms with Gasteiger partial charge in [0.2, 0.25) is 0 Å². The molecule has 3 aromatic rings. The van der Waals surface area contributed by atoms with Crippen LogP contribution in [0.3, 0.4) is 0 Å². The van der Waals surface area contributed by atoms with Gasteiger partial charge in [0.15, 0.2) is 0 Å². The first-order chi connectivity index (χ1) is 12.1. The molecule has 0 saturated heterocycles. The van der Waals surface area contributed by atoms with Crippen molar-refractivity contribution < 1.29 is 14.6 Å². The lowest BCUT2D eigenvalue weighted by atomic mass is 10.0. The van der Waals surface area contributed by atoms with Crippen molar-refractivity contribution >= 4 is 21.9 Å². The minimum atomic E-state index is -0.991. The van der Waals surface area contributed by atoms with Gasteiger partial charge in [0, 0.05) is 11.8 Å². The largest absolute Gasteiger partial charge is 0.487 e. The highest BCUT2D eigenvalue weighted by atomic mass is 79.9. The summed E-state index contributed by atoms with van der Waals surface area (Å²) in [7, 11) is 0. The van der Waals surface area contributed by atoms with Gasteiger partial charge < -0.3 is 14.8 Å². The van der Waals surface area contributed by atoms with Crippen LogP contribution in [0.25, 0.3) is 11.1 Å². The van der Waals surface area contributed by atoms with E-state index in [1.54, 1.807) is 18.3 Å². The van der Waals surface area contributed by atoms with Gasteiger partial charge in [-0.2, -0.15) is 0 Å². The Morgan fingerprint density at radius 3 is 2.40 bits per heavy atom. The van der Waals surface area contributed by atoms with E-state index in [9.17, 15) is 9.59 Å². The number of H-pyrrole nitrogens is 1. The second-order valence-corrected chi connectivity index (χ2v) is 6.12. The van der Waals surface area contributed by atoms with Crippen molar-refractivity contribution in [1.29, 1.82) is 0 Å². The average molecular weight is 400 g/mol. The number of carboxylic acids is 1. The Balaban J connectivity index is 1.97. The highest BCUT2D eigenvalue weighted by Crippen LogP contribution is 2.34. The maximum absolute atomic E-state index is 11.9. The maximum atomic E-state index is 11.9. The summed E-state index contributed by atoms with van der Waals surface area (Å²) in [5.74, 6) is -0.578. The molecule has 0 fully saturated rings. The van der Waals surface area contributed by atoms with Crippen molar-refractivity contribution in [3.8, 4) is 16.9 Å². The summed E-state index contributed by atoms with van der Waals surface area (Å²) in [6, 6.07) is 16.0. The van der Waals surface area contributed by atoms with E-state index < -0.39 is 5.97 Å². The van der Waals surface area contributed by atoms with E-state index in [-0.39, 0.29) is 11.1 Å². The number of aromatic nitrogens is 1. The molecule has 2 aromatic carbocycles. The summed E-state index contributed by atoms with van der Waals surface area (Å²) in [5, 5.41) is 9.01. The Kier molecular flexibility index (Phi) is 5.00. The number of hydrogen-bond acceptors (Lipinski definition) is 3. The molecular formula is C19H14BrNO4. The number of carboxylic acid groups (broad SMARTS) is 1. The molecule has 2 N–H and O–H groups in total. The van der Waals surface area contributed by atoms with Crippen LogP contribution in [0.2, 0.25) is 0 Å². The van der Waals surface area contributed by atoms with Crippen LogP contribution in [0.1, 0.15) is 15.9 Å². The highest BCUT2D eigenvalue weighted by molar-refractivity contribution is 9.10. The molecule has 0 bridgehead atoms. The molecule has 0 atom stereocenters. The summed E-state index contributed by atoms with van der Waals surface area (Å²) >= 11 is 3.28. The normalized spacial score (nSPS) is 10.4. The first-order valence-electron chi connectivity index (χ1n) is 7.48. The summed E-state index contributed by atoms with van der Waals surface area (Å²) in [5.41, 5.74) is 2.28. The number of ether oxygens (including phenoxy) is 1. The molecule has 0 aliphatic rings. The maximum Gasteiger partial charge on any atom is 0.335 e. The molecule has 0 aliphatic heterocycles. The van der Waals surface area contributed by atoms with Crippen molar-refractivity contribution in [2.24, 2.45) is 0 Å². The van der Waals surface area contributed by atoms with Crippen molar-refractivity contribution in [2.75, 3.05) is 0 Å². The first-order valence-corrected chi connectivity index (χ1v) is 8.27. The van der Waals surface area contributed by atoms with E-state index in [2.05, 4.69) is 20.9 Å². The van der Waals surface area contributed by atoms with Crippen LogP contribution in [0.4, 0.5) is 0 Å². The second-order valence-electron chi connectivity index (χ2n) is 5.33. The van der Waals surface area contributed by atoms with E-state index in [1.165, 1.54) is 12.1 Å². The van der Waals surface area contributed by atoms with Gasteiger partial charge in [0.1, 0.15) is 16.8 Å². The predicted molar refractivity (Wildman–Crippen MR) is 97.9 cm³/mol. The molecule has 0 radical (unpaired) electrons. The Bertz CT molecular complexity index is 949. The third kappa shape index (κ3) is 3.80. The molecule has 3 rings (SSSR count). The number of benzene rings is 2. The van der Waals surface area contributed by atoms with Crippen LogP contribution >= 0.6 is 15.9 Å². The topological polar surface area (TPSA) is 79.4 Å². The van der Waals surface area contributed by atoms with Crippen LogP contribution < -0.4 is 10.3 Å². The van der Waals surface area contributed by atoms with E-state index in [4.69, 9.17) is 9.84 Å². The molecule has 1 aromatic heterocycles. The number of pyridine rings is 1. The van der Waals surface area contributed by atoms with E-state index in [1.807, 2.05) is 30.3 Å². The van der Waals surface area contributed by atoms with Crippen LogP contribution in [-0.4, -0.2) is 16.1 Å². The minimum absolute atomic E-state index is 0.194. The fraction of sp³-hybridized carbons (Fsp3) is 0.0526. The standard InChI is InChI=1S/C19H14BrNO4/c20-16-17(25-11-12-4-2-1-3-5-12)15(10-21-18(16)22)13-6-8-14(9-7-13)19(23)24/h1-10H,11H2,(H,21,22)(H,23,24). The van der Waals surface area contributed by atoms with Crippen LogP contribution in [0.5, 0.6) is 5.75 Å². The number of carbonyl (C=O) groups is 1. The molecule has 0 aliphatic carbocycles. The molecular weight excluding hydrogens is 386 g/mol. The van der Waals surface area contributed by atoms with Crippen molar-refractivity contribution in [2.45, 2.75) is 6.61 Å². The Morgan fingerprint density at radius 2 is 1.76 bits per heavy atom. The van der Waals surface area contributed by atoms with Crippen LogP contribution in [0, 0.1) is 0 Å². The first kappa shape index (κ1) is 17.0. The monoisotopic (exact) mass is 399 g/mol. The van der Waals surface area contributed by atoms with Crippen molar-refractivity contribution in [3.05, 3.63) is 86.7 Å². The van der Waals surface area contributed by atoms with Gasteiger partial charge in [-0.1, -0.05) is 42.5 Å². The SMILES string of the molecule is O=C(O)c1ccc(-c2c[nH]c(=O)c(Br)c2OCc2ccccc2)cc1. The summed E-state index contributed by atoms with van der Waals surface area (Å²) in [4.78, 5) is 25.6. The van der Waals surface area contributed by atoms with Gasteiger partial charge in [0.05, 0.1) is 5.56 Å². The van der Waals surface area contributed by atoms with E-state index in [0.29, 0.717) is 22.4 Å². The van der Waals surface area contributed by atoms with Gasteiger partial charge in [-0.05, 0) is 39.2 Å². The summed E-state index contributed by atoms with van der Waals surface area (Å²) in [6.45, 7) is 0.309. The smallest absolute Gasteiger partial charge is 0.335 e. The molecule has 5 nitrogen and oxygen atoms in total. The highest BCUT2D eigenvalue weighted by Gasteiger charge is 2.15. The fourth-order valence-electron chi connectivity index (χ4n) is 2.37. The zero-order valence-corrected chi connectivity index (χ0v) is 14.6. The number of hydrogen-bond donors (Lipinski definition) is 2. The molecule has 0 spiro atoms. The molecule has 0 amide bonds. The number of aromatic carboxylic acids is 1. The third-order valence-corrected chi connectivity index (χ3v) is 4.38. The molecule has 6 heteroatoms. The van der Waals surface area contributed by atoms with Crippen molar-refractivity contribution in [1.82, 2.24) is 4.98 Å². The van der Waals surface area contributed by atoms with Gasteiger partial charge in [-0.15, -0.1) is 0 Å². The zero-order valence-electron chi connectivity index (χ0n) is 13.0. The third-order valence-electron chi connectivity index (χ3n) is 3.66. The summed E-state index contributed by atoms with van der Waals surface area (Å²) < 4.78 is 6.18. The van der Waals surface area contributed by atoms with Gasteiger partial charge in [-0.3, -0.25) is 4.79 Å². The average Bonchev–Trinajstić information content (AvgIpc) is 2.64. The predicted octanol–water partition coefficient (Wildman–Crippen LogP) is 4.08. The lowest BCUT2D eigenvalue weighted by molar-refractivity contribution is 0.0697. The minimum Gasteiger partial charge on any atom is -0.487 e. The Labute approximate surface area is 152 Å².